The molecule has 6 nitrogen and oxygen atoms in total. The van der Waals surface area contributed by atoms with Gasteiger partial charge in [-0.3, -0.25) is 4.99 Å². The smallest absolute Gasteiger partial charge is 0.191 e. The second-order valence-electron chi connectivity index (χ2n) is 6.71. The average Bonchev–Trinajstić information content (AvgIpc) is 3.15. The predicted octanol–water partition coefficient (Wildman–Crippen LogP) is 3.03. The van der Waals surface area contributed by atoms with Crippen molar-refractivity contribution >= 4 is 11.6 Å². The van der Waals surface area contributed by atoms with Gasteiger partial charge < -0.3 is 25.0 Å². The van der Waals surface area contributed by atoms with Gasteiger partial charge in [-0.25, -0.2) is 0 Å². The highest BCUT2D eigenvalue weighted by Gasteiger charge is 2.24. The summed E-state index contributed by atoms with van der Waals surface area (Å²) in [6, 6.07) is 6.41. The molecule has 2 N–H and O–H groups in total. The lowest BCUT2D eigenvalue weighted by molar-refractivity contribution is 0.394. The molecule has 0 aliphatic carbocycles. The summed E-state index contributed by atoms with van der Waals surface area (Å²) in [7, 11) is 5.20. The van der Waals surface area contributed by atoms with Crippen LogP contribution < -0.4 is 25.0 Å². The van der Waals surface area contributed by atoms with Crippen molar-refractivity contribution in [2.45, 2.75) is 45.1 Å². The lowest BCUT2D eigenvalue weighted by Gasteiger charge is -2.21. The normalized spacial score (nSPS) is 17.3. The lowest BCUT2D eigenvalue weighted by Crippen LogP contribution is -2.44. The molecule has 0 spiro atoms. The molecular formula is C20H34N4O2. The first kappa shape index (κ1) is 20.2. The highest BCUT2D eigenvalue weighted by Crippen LogP contribution is 2.30. The number of ether oxygens (including phenoxy) is 2. The molecule has 0 bridgehead atoms. The van der Waals surface area contributed by atoms with Gasteiger partial charge >= 0.3 is 0 Å². The minimum atomic E-state index is 0.383. The molecule has 0 amide bonds. The van der Waals surface area contributed by atoms with E-state index in [1.807, 2.05) is 13.1 Å². The van der Waals surface area contributed by atoms with Gasteiger partial charge in [0.1, 0.15) is 11.5 Å². The molecule has 0 radical (unpaired) electrons. The van der Waals surface area contributed by atoms with E-state index < -0.39 is 0 Å². The molecule has 0 aromatic heterocycles. The Morgan fingerprint density at radius 2 is 1.88 bits per heavy atom. The van der Waals surface area contributed by atoms with E-state index in [9.17, 15) is 0 Å². The maximum absolute atomic E-state index is 5.39. The van der Waals surface area contributed by atoms with Crippen LogP contribution in [0.5, 0.6) is 11.5 Å². The fraction of sp³-hybridized carbons (Fsp3) is 0.650. The zero-order valence-corrected chi connectivity index (χ0v) is 16.7. The minimum absolute atomic E-state index is 0.383. The summed E-state index contributed by atoms with van der Waals surface area (Å²) >= 11 is 0. The average molecular weight is 363 g/mol. The van der Waals surface area contributed by atoms with E-state index >= 15 is 0 Å². The zero-order valence-electron chi connectivity index (χ0n) is 16.7. The topological polar surface area (TPSA) is 58.1 Å². The Kier molecular flexibility index (Phi) is 8.38. The van der Waals surface area contributed by atoms with Crippen molar-refractivity contribution in [2.24, 2.45) is 4.99 Å². The van der Waals surface area contributed by atoms with E-state index in [1.54, 1.807) is 14.2 Å². The molecule has 26 heavy (non-hydrogen) atoms. The number of nitrogens with zero attached hydrogens (tertiary/aromatic N) is 2. The van der Waals surface area contributed by atoms with Crippen LogP contribution in [0.1, 0.15) is 39.0 Å². The maximum Gasteiger partial charge on any atom is 0.191 e. The van der Waals surface area contributed by atoms with Gasteiger partial charge in [0.25, 0.3) is 0 Å². The summed E-state index contributed by atoms with van der Waals surface area (Å²) in [4.78, 5) is 6.72. The van der Waals surface area contributed by atoms with Crippen LogP contribution in [0.25, 0.3) is 0 Å². The molecule has 1 aromatic carbocycles. The fourth-order valence-corrected chi connectivity index (χ4v) is 3.23. The molecule has 1 heterocycles. The first-order valence-electron chi connectivity index (χ1n) is 9.65. The third-order valence-corrected chi connectivity index (χ3v) is 4.78. The van der Waals surface area contributed by atoms with Crippen LogP contribution in [-0.2, 0) is 0 Å². The van der Waals surface area contributed by atoms with E-state index in [1.165, 1.54) is 25.7 Å². The number of anilines is 1. The Bertz CT molecular complexity index is 555. The molecular weight excluding hydrogens is 328 g/mol. The van der Waals surface area contributed by atoms with Gasteiger partial charge in [0.2, 0.25) is 0 Å². The van der Waals surface area contributed by atoms with Crippen LogP contribution in [0, 0.1) is 0 Å². The number of unbranched alkanes of at least 4 members (excludes halogenated alkanes) is 3. The minimum Gasteiger partial charge on any atom is -0.497 e. The van der Waals surface area contributed by atoms with Gasteiger partial charge in [-0.05, 0) is 12.8 Å². The summed E-state index contributed by atoms with van der Waals surface area (Å²) in [5.41, 5.74) is 1.13. The largest absolute Gasteiger partial charge is 0.497 e. The number of hydrogen-bond acceptors (Lipinski definition) is 4. The molecule has 1 unspecified atom stereocenters. The van der Waals surface area contributed by atoms with Gasteiger partial charge in [-0.2, -0.15) is 0 Å². The van der Waals surface area contributed by atoms with Crippen LogP contribution in [0.2, 0.25) is 0 Å². The number of aliphatic imine (C=N–C) groups is 1. The van der Waals surface area contributed by atoms with Gasteiger partial charge in [0, 0.05) is 56.6 Å². The van der Waals surface area contributed by atoms with Crippen molar-refractivity contribution in [1.29, 1.82) is 0 Å². The van der Waals surface area contributed by atoms with E-state index in [-0.39, 0.29) is 0 Å². The summed E-state index contributed by atoms with van der Waals surface area (Å²) in [6.45, 7) is 5.15. The van der Waals surface area contributed by atoms with Crippen molar-refractivity contribution < 1.29 is 9.47 Å². The maximum atomic E-state index is 5.39. The molecule has 1 aliphatic rings. The number of methoxy groups -OCH3 is 2. The Morgan fingerprint density at radius 3 is 2.50 bits per heavy atom. The van der Waals surface area contributed by atoms with Crippen molar-refractivity contribution in [3.63, 3.8) is 0 Å². The first-order valence-corrected chi connectivity index (χ1v) is 9.65. The summed E-state index contributed by atoms with van der Waals surface area (Å²) in [5.74, 6) is 2.54. The monoisotopic (exact) mass is 362 g/mol. The summed E-state index contributed by atoms with van der Waals surface area (Å²) in [5, 5.41) is 6.97. The van der Waals surface area contributed by atoms with E-state index in [0.717, 1.165) is 49.2 Å². The zero-order chi connectivity index (χ0) is 18.8. The summed E-state index contributed by atoms with van der Waals surface area (Å²) in [6.07, 6.45) is 6.11. The molecule has 1 saturated heterocycles. The third kappa shape index (κ3) is 6.00. The molecule has 0 saturated carbocycles. The van der Waals surface area contributed by atoms with Gasteiger partial charge in [0.15, 0.2) is 5.96 Å². The van der Waals surface area contributed by atoms with Gasteiger partial charge in [0.05, 0.1) is 14.2 Å². The molecule has 1 aliphatic heterocycles. The van der Waals surface area contributed by atoms with Gasteiger partial charge in [-0.1, -0.05) is 26.2 Å². The van der Waals surface area contributed by atoms with E-state index in [0.29, 0.717) is 6.04 Å². The standard InChI is InChI=1S/C20H34N4O2/c1-5-6-7-8-10-22-20(21-2)23-16-9-11-24(15-16)17-12-18(25-3)14-19(13-17)26-4/h12-14,16H,5-11,15H2,1-4H3,(H2,21,22,23). The molecule has 1 atom stereocenters. The van der Waals surface area contributed by atoms with Crippen molar-refractivity contribution in [3.8, 4) is 11.5 Å². The lowest BCUT2D eigenvalue weighted by atomic mass is 10.2. The Morgan fingerprint density at radius 1 is 1.15 bits per heavy atom. The third-order valence-electron chi connectivity index (χ3n) is 4.78. The highest BCUT2D eigenvalue weighted by molar-refractivity contribution is 5.80. The fourth-order valence-electron chi connectivity index (χ4n) is 3.23. The Hall–Kier alpha value is -2.11. The number of hydrogen-bond donors (Lipinski definition) is 2. The SMILES string of the molecule is CCCCCCNC(=NC)NC1CCN(c2cc(OC)cc(OC)c2)C1. The number of guanidine groups is 1. The van der Waals surface area contributed by atoms with E-state index in [4.69, 9.17) is 9.47 Å². The molecule has 1 aromatic rings. The molecule has 2 rings (SSSR count). The molecule has 6 heteroatoms. The second kappa shape index (κ2) is 10.8. The molecule has 1 fully saturated rings. The van der Waals surface area contributed by atoms with Crippen LogP contribution in [0.3, 0.4) is 0 Å². The van der Waals surface area contributed by atoms with Crippen molar-refractivity contribution in [1.82, 2.24) is 10.6 Å². The van der Waals surface area contributed by atoms with Crippen LogP contribution in [0.4, 0.5) is 5.69 Å². The number of nitrogens with one attached hydrogen (secondary N) is 2. The number of rotatable bonds is 9. The first-order chi connectivity index (χ1) is 12.7. The van der Waals surface area contributed by atoms with Crippen molar-refractivity contribution in [2.75, 3.05) is 45.8 Å². The second-order valence-corrected chi connectivity index (χ2v) is 6.71. The van der Waals surface area contributed by atoms with Gasteiger partial charge in [-0.15, -0.1) is 0 Å². The summed E-state index contributed by atoms with van der Waals surface area (Å²) < 4.78 is 10.8. The Labute approximate surface area is 158 Å². The van der Waals surface area contributed by atoms with Crippen LogP contribution in [-0.4, -0.2) is 52.9 Å². The highest BCUT2D eigenvalue weighted by atomic mass is 16.5. The van der Waals surface area contributed by atoms with Crippen LogP contribution >= 0.6 is 0 Å². The van der Waals surface area contributed by atoms with Crippen LogP contribution in [0.15, 0.2) is 23.2 Å². The quantitative estimate of drug-likeness (QED) is 0.402. The van der Waals surface area contributed by atoms with E-state index in [2.05, 4.69) is 39.6 Å². The van der Waals surface area contributed by atoms with Crippen molar-refractivity contribution in [3.05, 3.63) is 18.2 Å². The Balaban J connectivity index is 1.85. The number of benzene rings is 1. The predicted molar refractivity (Wildman–Crippen MR) is 109 cm³/mol. The molecule has 146 valence electrons.